The van der Waals surface area contributed by atoms with Crippen LogP contribution in [0.3, 0.4) is 0 Å². The van der Waals surface area contributed by atoms with Gasteiger partial charge < -0.3 is 4.90 Å². The van der Waals surface area contributed by atoms with Gasteiger partial charge in [-0.2, -0.15) is 0 Å². The van der Waals surface area contributed by atoms with E-state index < -0.39 is 0 Å². The van der Waals surface area contributed by atoms with Crippen LogP contribution in [-0.4, -0.2) is 17.3 Å². The Hall–Kier alpha value is -2.94. The van der Waals surface area contributed by atoms with Gasteiger partial charge in [-0.1, -0.05) is 50.2 Å². The van der Waals surface area contributed by atoms with E-state index in [9.17, 15) is 4.79 Å². The van der Waals surface area contributed by atoms with Crippen LogP contribution in [0.15, 0.2) is 60.9 Å². The van der Waals surface area contributed by atoms with E-state index in [1.165, 1.54) is 22.3 Å². The largest absolute Gasteiger partial charge is 0.367 e. The van der Waals surface area contributed by atoms with Crippen LogP contribution in [0, 0.1) is 6.92 Å². The number of carbonyl (C=O) groups is 1. The third-order valence-electron chi connectivity index (χ3n) is 5.87. The van der Waals surface area contributed by atoms with Crippen molar-refractivity contribution in [3.63, 3.8) is 0 Å². The van der Waals surface area contributed by atoms with Crippen LogP contribution in [0.25, 0.3) is 0 Å². The number of benzene rings is 2. The van der Waals surface area contributed by atoms with Crippen LogP contribution in [0.2, 0.25) is 0 Å². The van der Waals surface area contributed by atoms with Crippen LogP contribution >= 0.6 is 0 Å². The Morgan fingerprint density at radius 3 is 2.76 bits per heavy atom. The van der Waals surface area contributed by atoms with Crippen LogP contribution in [0.1, 0.15) is 57.9 Å². The molecular formula is C26H28N2O. The normalized spacial score (nSPS) is 13.4. The van der Waals surface area contributed by atoms with E-state index in [1.807, 2.05) is 36.7 Å². The van der Waals surface area contributed by atoms with Crippen LogP contribution in [-0.2, 0) is 19.4 Å². The van der Waals surface area contributed by atoms with Crippen molar-refractivity contribution in [2.45, 2.75) is 46.1 Å². The molecule has 29 heavy (non-hydrogen) atoms. The molecule has 1 aliphatic rings. The molecule has 0 spiro atoms. The lowest BCUT2D eigenvalue weighted by Gasteiger charge is -2.31. The number of ketones is 1. The molecule has 0 aliphatic carbocycles. The number of fused-ring (bicyclic) bond motifs is 1. The smallest absolute Gasteiger partial charge is 0.167 e. The van der Waals surface area contributed by atoms with E-state index in [2.05, 4.69) is 54.9 Å². The van der Waals surface area contributed by atoms with Gasteiger partial charge in [-0.05, 0) is 59.2 Å². The Morgan fingerprint density at radius 1 is 1.10 bits per heavy atom. The van der Waals surface area contributed by atoms with Gasteiger partial charge in [0.15, 0.2) is 5.78 Å². The molecule has 1 aromatic heterocycles. The van der Waals surface area contributed by atoms with Crippen molar-refractivity contribution in [1.82, 2.24) is 4.98 Å². The van der Waals surface area contributed by atoms with Crippen LogP contribution in [0.5, 0.6) is 0 Å². The second-order valence-electron chi connectivity index (χ2n) is 8.32. The monoisotopic (exact) mass is 384 g/mol. The van der Waals surface area contributed by atoms with Crippen molar-refractivity contribution in [2.75, 3.05) is 11.4 Å². The fourth-order valence-electron chi connectivity index (χ4n) is 4.12. The minimum atomic E-state index is 0.169. The highest BCUT2D eigenvalue weighted by Gasteiger charge is 2.19. The van der Waals surface area contributed by atoms with Gasteiger partial charge in [0.05, 0.1) is 0 Å². The summed E-state index contributed by atoms with van der Waals surface area (Å²) in [5.41, 5.74) is 8.24. The average molecular weight is 385 g/mol. The van der Waals surface area contributed by atoms with Crippen molar-refractivity contribution in [2.24, 2.45) is 0 Å². The molecule has 0 amide bonds. The highest BCUT2D eigenvalue weighted by Crippen LogP contribution is 2.27. The number of carbonyl (C=O) groups excluding carboxylic acids is 1. The molecule has 0 fully saturated rings. The molecule has 0 atom stereocenters. The maximum Gasteiger partial charge on any atom is 0.167 e. The number of aromatic nitrogens is 1. The van der Waals surface area contributed by atoms with E-state index >= 15 is 0 Å². The molecule has 4 rings (SSSR count). The Balaban J connectivity index is 1.52. The van der Waals surface area contributed by atoms with E-state index in [1.54, 1.807) is 0 Å². The molecule has 2 heterocycles. The quantitative estimate of drug-likeness (QED) is 0.545. The predicted molar refractivity (Wildman–Crippen MR) is 119 cm³/mol. The van der Waals surface area contributed by atoms with Gasteiger partial charge in [-0.15, -0.1) is 0 Å². The maximum absolute atomic E-state index is 12.9. The number of hydrogen-bond acceptors (Lipinski definition) is 3. The average Bonchev–Trinajstić information content (AvgIpc) is 2.74. The molecule has 1 aliphatic heterocycles. The van der Waals surface area contributed by atoms with Crippen molar-refractivity contribution >= 4 is 11.5 Å². The summed E-state index contributed by atoms with van der Waals surface area (Å²) in [5.74, 6) is 0.635. The first kappa shape index (κ1) is 19.4. The number of hydrogen-bond donors (Lipinski definition) is 0. The van der Waals surface area contributed by atoms with Crippen molar-refractivity contribution in [3.05, 3.63) is 94.3 Å². The molecule has 148 valence electrons. The van der Waals surface area contributed by atoms with Gasteiger partial charge in [0, 0.05) is 43.2 Å². The summed E-state index contributed by atoms with van der Waals surface area (Å²) < 4.78 is 0. The number of anilines is 1. The summed E-state index contributed by atoms with van der Waals surface area (Å²) in [7, 11) is 0. The van der Waals surface area contributed by atoms with Gasteiger partial charge in [0.1, 0.15) is 0 Å². The molecule has 2 aromatic carbocycles. The second kappa shape index (κ2) is 8.20. The Morgan fingerprint density at radius 2 is 1.93 bits per heavy atom. The lowest BCUT2D eigenvalue weighted by atomic mass is 9.96. The number of aryl methyl sites for hydroxylation is 1. The van der Waals surface area contributed by atoms with E-state index in [0.717, 1.165) is 36.3 Å². The van der Waals surface area contributed by atoms with Crippen molar-refractivity contribution in [3.8, 4) is 0 Å². The summed E-state index contributed by atoms with van der Waals surface area (Å²) in [5, 5.41) is 0. The highest BCUT2D eigenvalue weighted by atomic mass is 16.1. The minimum absolute atomic E-state index is 0.169. The molecular weight excluding hydrogens is 356 g/mol. The van der Waals surface area contributed by atoms with E-state index in [4.69, 9.17) is 0 Å². The SMILES string of the molecule is Cc1cncc2c1CCN(c1cccc(C(=O)Cc3cccc(C(C)C)c3)c1)C2. The van der Waals surface area contributed by atoms with Gasteiger partial charge >= 0.3 is 0 Å². The van der Waals surface area contributed by atoms with Gasteiger partial charge in [0.2, 0.25) is 0 Å². The van der Waals surface area contributed by atoms with Gasteiger partial charge in [-0.3, -0.25) is 9.78 Å². The summed E-state index contributed by atoms with van der Waals surface area (Å²) in [6, 6.07) is 16.5. The van der Waals surface area contributed by atoms with Crippen molar-refractivity contribution < 1.29 is 4.79 Å². The zero-order valence-electron chi connectivity index (χ0n) is 17.5. The molecule has 0 radical (unpaired) electrons. The zero-order chi connectivity index (χ0) is 20.4. The number of Topliss-reactive ketones (excluding diaryl/α,β-unsaturated/α-hetero) is 1. The fourth-order valence-corrected chi connectivity index (χ4v) is 4.12. The lowest BCUT2D eigenvalue weighted by molar-refractivity contribution is 0.0993. The fraction of sp³-hybridized carbons (Fsp3) is 0.308. The number of pyridine rings is 1. The van der Waals surface area contributed by atoms with Crippen LogP contribution < -0.4 is 4.90 Å². The summed E-state index contributed by atoms with van der Waals surface area (Å²) >= 11 is 0. The summed E-state index contributed by atoms with van der Waals surface area (Å²) in [6.07, 6.45) is 5.38. The molecule has 3 nitrogen and oxygen atoms in total. The Bertz CT molecular complexity index is 1040. The lowest BCUT2D eigenvalue weighted by Crippen LogP contribution is -2.31. The third kappa shape index (κ3) is 4.24. The minimum Gasteiger partial charge on any atom is -0.367 e. The third-order valence-corrected chi connectivity index (χ3v) is 5.87. The topological polar surface area (TPSA) is 33.2 Å². The maximum atomic E-state index is 12.9. The predicted octanol–water partition coefficient (Wildman–Crippen LogP) is 5.50. The molecule has 0 saturated carbocycles. The molecule has 3 heteroatoms. The standard InChI is InChI=1S/C26H28N2O/c1-18(2)21-7-4-6-20(12-21)13-26(29)22-8-5-9-24(14-22)28-11-10-25-19(3)15-27-16-23(25)17-28/h4-9,12,14-16,18H,10-11,13,17H2,1-3H3. The highest BCUT2D eigenvalue weighted by molar-refractivity contribution is 5.98. The number of nitrogens with zero attached hydrogens (tertiary/aromatic N) is 2. The molecule has 0 N–H and O–H groups in total. The summed E-state index contributed by atoms with van der Waals surface area (Å²) in [6.45, 7) is 8.30. The van der Waals surface area contributed by atoms with E-state index in [0.29, 0.717) is 12.3 Å². The van der Waals surface area contributed by atoms with Crippen molar-refractivity contribution in [1.29, 1.82) is 0 Å². The Kier molecular flexibility index (Phi) is 5.48. The van der Waals surface area contributed by atoms with E-state index in [-0.39, 0.29) is 5.78 Å². The molecule has 0 bridgehead atoms. The Labute approximate surface area is 173 Å². The summed E-state index contributed by atoms with van der Waals surface area (Å²) in [4.78, 5) is 19.6. The first-order valence-electron chi connectivity index (χ1n) is 10.4. The molecule has 0 saturated heterocycles. The molecule has 3 aromatic rings. The van der Waals surface area contributed by atoms with Crippen LogP contribution in [0.4, 0.5) is 5.69 Å². The first-order chi connectivity index (χ1) is 14.0. The zero-order valence-corrected chi connectivity index (χ0v) is 17.5. The second-order valence-corrected chi connectivity index (χ2v) is 8.32. The van der Waals surface area contributed by atoms with Gasteiger partial charge in [0.25, 0.3) is 0 Å². The number of rotatable bonds is 5. The first-order valence-corrected chi connectivity index (χ1v) is 10.4. The molecule has 0 unspecified atom stereocenters. The van der Waals surface area contributed by atoms with Gasteiger partial charge in [-0.25, -0.2) is 0 Å².